The SMILES string of the molecule is CCN(CC)S(=O)(=O)c1ccc(CN=C(N)N2CCOCC2)s1. The highest BCUT2D eigenvalue weighted by molar-refractivity contribution is 7.91. The average Bonchev–Trinajstić information content (AvgIpc) is 3.04. The Kier molecular flexibility index (Phi) is 6.40. The van der Waals surface area contributed by atoms with Crippen molar-refractivity contribution in [3.05, 3.63) is 17.0 Å². The summed E-state index contributed by atoms with van der Waals surface area (Å²) in [5.41, 5.74) is 5.98. The van der Waals surface area contributed by atoms with Gasteiger partial charge in [0, 0.05) is 31.1 Å². The van der Waals surface area contributed by atoms with Crippen LogP contribution in [0.2, 0.25) is 0 Å². The summed E-state index contributed by atoms with van der Waals surface area (Å²) in [6, 6.07) is 3.45. The number of sulfonamides is 1. The van der Waals surface area contributed by atoms with E-state index in [1.54, 1.807) is 12.1 Å². The Morgan fingerprint density at radius 3 is 2.61 bits per heavy atom. The van der Waals surface area contributed by atoms with E-state index in [0.29, 0.717) is 43.0 Å². The topological polar surface area (TPSA) is 88.2 Å². The van der Waals surface area contributed by atoms with E-state index in [1.807, 2.05) is 18.7 Å². The molecule has 1 aromatic rings. The first-order chi connectivity index (χ1) is 11.0. The van der Waals surface area contributed by atoms with Crippen molar-refractivity contribution < 1.29 is 13.2 Å². The molecule has 130 valence electrons. The third-order valence-electron chi connectivity index (χ3n) is 3.67. The van der Waals surface area contributed by atoms with Crippen molar-refractivity contribution in [2.75, 3.05) is 39.4 Å². The maximum Gasteiger partial charge on any atom is 0.252 e. The fourth-order valence-corrected chi connectivity index (χ4v) is 5.22. The lowest BCUT2D eigenvalue weighted by molar-refractivity contribution is 0.0674. The van der Waals surface area contributed by atoms with Crippen molar-refractivity contribution in [3.8, 4) is 0 Å². The highest BCUT2D eigenvalue weighted by Gasteiger charge is 2.23. The van der Waals surface area contributed by atoms with Crippen LogP contribution in [0.1, 0.15) is 18.7 Å². The summed E-state index contributed by atoms with van der Waals surface area (Å²) in [4.78, 5) is 7.22. The number of nitrogens with two attached hydrogens (primary N) is 1. The molecule has 0 bridgehead atoms. The minimum atomic E-state index is -3.39. The van der Waals surface area contributed by atoms with Crippen LogP contribution in [-0.4, -0.2) is 63.0 Å². The predicted octanol–water partition coefficient (Wildman–Crippen LogP) is 0.926. The third kappa shape index (κ3) is 4.43. The molecule has 9 heteroatoms. The predicted molar refractivity (Wildman–Crippen MR) is 92.1 cm³/mol. The standard InChI is InChI=1S/C14H24N4O3S2/c1-3-18(4-2)23(19,20)13-6-5-12(22-13)11-16-14(15)17-7-9-21-10-8-17/h5-6H,3-4,7-11H2,1-2H3,(H2,15,16). The van der Waals surface area contributed by atoms with Gasteiger partial charge in [0.15, 0.2) is 5.96 Å². The molecule has 2 heterocycles. The van der Waals surface area contributed by atoms with Crippen LogP contribution in [0, 0.1) is 0 Å². The van der Waals surface area contributed by atoms with Gasteiger partial charge in [-0.05, 0) is 12.1 Å². The molecule has 0 aliphatic carbocycles. The number of hydrogen-bond donors (Lipinski definition) is 1. The maximum atomic E-state index is 12.4. The van der Waals surface area contributed by atoms with E-state index in [2.05, 4.69) is 4.99 Å². The van der Waals surface area contributed by atoms with Gasteiger partial charge in [-0.25, -0.2) is 13.4 Å². The Bertz CT molecular complexity index is 632. The minimum absolute atomic E-state index is 0.358. The summed E-state index contributed by atoms with van der Waals surface area (Å²) in [6.07, 6.45) is 0. The first kappa shape index (κ1) is 18.2. The van der Waals surface area contributed by atoms with Crippen LogP contribution >= 0.6 is 11.3 Å². The van der Waals surface area contributed by atoms with E-state index >= 15 is 0 Å². The molecule has 2 N–H and O–H groups in total. The van der Waals surface area contributed by atoms with Gasteiger partial charge in [0.1, 0.15) is 4.21 Å². The van der Waals surface area contributed by atoms with Crippen LogP contribution in [0.15, 0.2) is 21.3 Å². The molecular formula is C14H24N4O3S2. The molecule has 23 heavy (non-hydrogen) atoms. The fraction of sp³-hybridized carbons (Fsp3) is 0.643. The lowest BCUT2D eigenvalue weighted by Gasteiger charge is -2.27. The Morgan fingerprint density at radius 1 is 1.35 bits per heavy atom. The zero-order chi connectivity index (χ0) is 16.9. The summed E-state index contributed by atoms with van der Waals surface area (Å²) in [5, 5.41) is 0. The molecule has 1 aliphatic heterocycles. The van der Waals surface area contributed by atoms with Gasteiger partial charge in [-0.15, -0.1) is 11.3 Å². The second-order valence-electron chi connectivity index (χ2n) is 5.08. The van der Waals surface area contributed by atoms with Crippen LogP contribution in [-0.2, 0) is 21.3 Å². The van der Waals surface area contributed by atoms with Crippen molar-refractivity contribution in [2.24, 2.45) is 10.7 Å². The van der Waals surface area contributed by atoms with E-state index in [1.165, 1.54) is 15.6 Å². The van der Waals surface area contributed by atoms with Crippen LogP contribution in [0.25, 0.3) is 0 Å². The zero-order valence-electron chi connectivity index (χ0n) is 13.6. The molecule has 0 unspecified atom stereocenters. The van der Waals surface area contributed by atoms with Crippen molar-refractivity contribution >= 4 is 27.3 Å². The highest BCUT2D eigenvalue weighted by atomic mass is 32.2. The van der Waals surface area contributed by atoms with Crippen LogP contribution in [0.4, 0.5) is 0 Å². The van der Waals surface area contributed by atoms with Crippen molar-refractivity contribution in [3.63, 3.8) is 0 Å². The Balaban J connectivity index is 2.04. The van der Waals surface area contributed by atoms with E-state index in [-0.39, 0.29) is 0 Å². The van der Waals surface area contributed by atoms with Gasteiger partial charge in [0.25, 0.3) is 10.0 Å². The van der Waals surface area contributed by atoms with Crippen molar-refractivity contribution in [2.45, 2.75) is 24.6 Å². The average molecular weight is 361 g/mol. The normalized spacial score (nSPS) is 17.0. The summed E-state index contributed by atoms with van der Waals surface area (Å²) < 4.78 is 32.0. The summed E-state index contributed by atoms with van der Waals surface area (Å²) in [6.45, 7) is 7.78. The van der Waals surface area contributed by atoms with Gasteiger partial charge < -0.3 is 15.4 Å². The Morgan fingerprint density at radius 2 is 2.00 bits per heavy atom. The van der Waals surface area contributed by atoms with Crippen LogP contribution in [0.3, 0.4) is 0 Å². The molecule has 0 spiro atoms. The number of ether oxygens (including phenoxy) is 1. The van der Waals surface area contributed by atoms with Gasteiger partial charge >= 0.3 is 0 Å². The molecular weight excluding hydrogens is 336 g/mol. The van der Waals surface area contributed by atoms with E-state index in [0.717, 1.165) is 18.0 Å². The highest BCUT2D eigenvalue weighted by Crippen LogP contribution is 2.25. The number of thiophene rings is 1. The first-order valence-electron chi connectivity index (χ1n) is 7.70. The van der Waals surface area contributed by atoms with Crippen LogP contribution < -0.4 is 5.73 Å². The first-order valence-corrected chi connectivity index (χ1v) is 9.96. The van der Waals surface area contributed by atoms with Gasteiger partial charge in [0.2, 0.25) is 0 Å². The van der Waals surface area contributed by atoms with E-state index in [4.69, 9.17) is 10.5 Å². The summed E-state index contributed by atoms with van der Waals surface area (Å²) in [5.74, 6) is 0.481. The van der Waals surface area contributed by atoms with Gasteiger partial charge in [-0.3, -0.25) is 0 Å². The lowest BCUT2D eigenvalue weighted by Crippen LogP contribution is -2.44. The molecule has 0 atom stereocenters. The molecule has 0 amide bonds. The summed E-state index contributed by atoms with van der Waals surface area (Å²) >= 11 is 1.25. The second-order valence-corrected chi connectivity index (χ2v) is 8.42. The molecule has 0 aromatic carbocycles. The van der Waals surface area contributed by atoms with Gasteiger partial charge in [0.05, 0.1) is 19.8 Å². The number of rotatable bonds is 6. The molecule has 0 radical (unpaired) electrons. The largest absolute Gasteiger partial charge is 0.378 e. The molecule has 7 nitrogen and oxygen atoms in total. The monoisotopic (exact) mass is 360 g/mol. The summed E-state index contributed by atoms with van der Waals surface area (Å²) in [7, 11) is -3.39. The lowest BCUT2D eigenvalue weighted by atomic mass is 10.4. The molecule has 1 saturated heterocycles. The third-order valence-corrected chi connectivity index (χ3v) is 7.26. The number of guanidine groups is 1. The smallest absolute Gasteiger partial charge is 0.252 e. The zero-order valence-corrected chi connectivity index (χ0v) is 15.2. The molecule has 1 fully saturated rings. The number of hydrogen-bond acceptors (Lipinski definition) is 5. The maximum absolute atomic E-state index is 12.4. The van der Waals surface area contributed by atoms with Gasteiger partial charge in [-0.1, -0.05) is 13.8 Å². The number of aliphatic imine (C=N–C) groups is 1. The number of nitrogens with zero attached hydrogens (tertiary/aromatic N) is 3. The van der Waals surface area contributed by atoms with Crippen molar-refractivity contribution in [1.82, 2.24) is 9.21 Å². The van der Waals surface area contributed by atoms with E-state index < -0.39 is 10.0 Å². The van der Waals surface area contributed by atoms with Crippen molar-refractivity contribution in [1.29, 1.82) is 0 Å². The molecule has 2 rings (SSSR count). The molecule has 0 saturated carbocycles. The molecule has 1 aliphatic rings. The quantitative estimate of drug-likeness (QED) is 0.602. The van der Waals surface area contributed by atoms with Crippen LogP contribution in [0.5, 0.6) is 0 Å². The Hall–Kier alpha value is -1.16. The minimum Gasteiger partial charge on any atom is -0.378 e. The molecule has 1 aromatic heterocycles. The fourth-order valence-electron chi connectivity index (χ4n) is 2.32. The Labute approximate surface area is 141 Å². The number of morpholine rings is 1. The van der Waals surface area contributed by atoms with Gasteiger partial charge in [-0.2, -0.15) is 4.31 Å². The van der Waals surface area contributed by atoms with E-state index in [9.17, 15) is 8.42 Å². The second kappa shape index (κ2) is 8.09.